The molecule has 1 aromatic heterocycles. The van der Waals surface area contributed by atoms with Gasteiger partial charge in [0, 0.05) is 32.9 Å². The van der Waals surface area contributed by atoms with Crippen molar-refractivity contribution < 1.29 is 4.74 Å². The second kappa shape index (κ2) is 12.8. The van der Waals surface area contributed by atoms with Gasteiger partial charge in [0.05, 0.1) is 19.3 Å². The van der Waals surface area contributed by atoms with Gasteiger partial charge in [-0.3, -0.25) is 14.6 Å². The zero-order valence-corrected chi connectivity index (χ0v) is 20.6. The molecular weight excluding hydrogens is 491 g/mol. The summed E-state index contributed by atoms with van der Waals surface area (Å²) in [6.07, 6.45) is 7.50. The number of aromatic nitrogens is 2. The number of guanidine groups is 1. The van der Waals surface area contributed by atoms with Crippen LogP contribution in [-0.4, -0.2) is 61.0 Å². The van der Waals surface area contributed by atoms with Gasteiger partial charge in [0.2, 0.25) is 0 Å². The number of ether oxygens (including phenoxy) is 1. The SMILES string of the molecule is CN=C(NCCCn1cc(C)cn1)NCC(c1ccc(OC)cc1)N1CCCC1.I. The summed E-state index contributed by atoms with van der Waals surface area (Å²) in [4.78, 5) is 6.95. The Morgan fingerprint density at radius 2 is 1.93 bits per heavy atom. The van der Waals surface area contributed by atoms with Gasteiger partial charge in [-0.05, 0) is 62.5 Å². The Bertz CT molecular complexity index is 770. The summed E-state index contributed by atoms with van der Waals surface area (Å²) in [6, 6.07) is 8.76. The molecule has 0 bridgehead atoms. The molecule has 1 fully saturated rings. The molecule has 1 saturated heterocycles. The number of aliphatic imine (C=N–C) groups is 1. The second-order valence-corrected chi connectivity index (χ2v) is 7.55. The average Bonchev–Trinajstić information content (AvgIpc) is 3.42. The number of nitrogens with zero attached hydrogens (tertiary/aromatic N) is 4. The molecule has 166 valence electrons. The maximum absolute atomic E-state index is 5.31. The van der Waals surface area contributed by atoms with Crippen molar-refractivity contribution in [2.75, 3.05) is 40.3 Å². The molecule has 0 amide bonds. The van der Waals surface area contributed by atoms with Crippen molar-refractivity contribution in [3.63, 3.8) is 0 Å². The Balaban J connectivity index is 0.00000320. The Morgan fingerprint density at radius 3 is 2.53 bits per heavy atom. The molecular formula is C22H35IN6O. The van der Waals surface area contributed by atoms with Crippen LogP contribution >= 0.6 is 24.0 Å². The van der Waals surface area contributed by atoms with Gasteiger partial charge in [-0.15, -0.1) is 24.0 Å². The summed E-state index contributed by atoms with van der Waals surface area (Å²) < 4.78 is 7.30. The van der Waals surface area contributed by atoms with Gasteiger partial charge in [0.1, 0.15) is 5.75 Å². The standard InChI is InChI=1S/C22H34N6O.HI/c1-18-15-26-28(17-18)14-6-11-24-22(23-2)25-16-21(27-12-4-5-13-27)19-7-9-20(29-3)10-8-19;/h7-10,15,17,21H,4-6,11-14,16H2,1-3H3,(H2,23,24,25);1H. The minimum absolute atomic E-state index is 0. The molecule has 1 atom stereocenters. The number of halogens is 1. The Kier molecular flexibility index (Phi) is 10.4. The van der Waals surface area contributed by atoms with E-state index in [1.54, 1.807) is 7.11 Å². The van der Waals surface area contributed by atoms with E-state index in [1.807, 2.05) is 30.1 Å². The van der Waals surface area contributed by atoms with Crippen LogP contribution < -0.4 is 15.4 Å². The van der Waals surface area contributed by atoms with Gasteiger partial charge in [-0.1, -0.05) is 12.1 Å². The van der Waals surface area contributed by atoms with Gasteiger partial charge in [-0.25, -0.2) is 0 Å². The van der Waals surface area contributed by atoms with Crippen LogP contribution in [0.15, 0.2) is 41.7 Å². The largest absolute Gasteiger partial charge is 0.497 e. The summed E-state index contributed by atoms with van der Waals surface area (Å²) in [5, 5.41) is 11.3. The number of rotatable bonds is 9. The van der Waals surface area contributed by atoms with Gasteiger partial charge < -0.3 is 15.4 Å². The lowest BCUT2D eigenvalue weighted by molar-refractivity contribution is 0.245. The first-order valence-electron chi connectivity index (χ1n) is 10.5. The third kappa shape index (κ3) is 7.16. The maximum Gasteiger partial charge on any atom is 0.191 e. The van der Waals surface area contributed by atoms with E-state index in [4.69, 9.17) is 4.74 Å². The fourth-order valence-corrected chi connectivity index (χ4v) is 3.79. The van der Waals surface area contributed by atoms with E-state index in [0.29, 0.717) is 6.04 Å². The zero-order chi connectivity index (χ0) is 20.5. The molecule has 1 aliphatic heterocycles. The first-order chi connectivity index (χ1) is 14.2. The quantitative estimate of drug-likeness (QED) is 0.228. The van der Waals surface area contributed by atoms with E-state index in [-0.39, 0.29) is 24.0 Å². The van der Waals surface area contributed by atoms with Crippen molar-refractivity contribution >= 4 is 29.9 Å². The minimum Gasteiger partial charge on any atom is -0.497 e. The molecule has 0 aliphatic carbocycles. The summed E-state index contributed by atoms with van der Waals surface area (Å²) in [5.74, 6) is 1.74. The van der Waals surface area contributed by atoms with Gasteiger partial charge >= 0.3 is 0 Å². The van der Waals surface area contributed by atoms with Gasteiger partial charge in [-0.2, -0.15) is 5.10 Å². The van der Waals surface area contributed by atoms with E-state index in [9.17, 15) is 0 Å². The Labute approximate surface area is 197 Å². The highest BCUT2D eigenvalue weighted by Crippen LogP contribution is 2.26. The van der Waals surface area contributed by atoms with Crippen molar-refractivity contribution in [2.45, 2.75) is 38.8 Å². The fraction of sp³-hybridized carbons (Fsp3) is 0.545. The van der Waals surface area contributed by atoms with Gasteiger partial charge in [0.15, 0.2) is 5.96 Å². The number of hydrogen-bond donors (Lipinski definition) is 2. The highest BCUT2D eigenvalue weighted by atomic mass is 127. The molecule has 2 aromatic rings. The first-order valence-corrected chi connectivity index (χ1v) is 10.5. The normalized spacial score (nSPS) is 15.5. The van der Waals surface area contributed by atoms with Crippen LogP contribution in [0.5, 0.6) is 5.75 Å². The van der Waals surface area contributed by atoms with E-state index in [1.165, 1.54) is 24.0 Å². The fourth-order valence-electron chi connectivity index (χ4n) is 3.79. The second-order valence-electron chi connectivity index (χ2n) is 7.55. The van der Waals surface area contributed by atoms with Crippen molar-refractivity contribution in [3.8, 4) is 5.75 Å². The summed E-state index contributed by atoms with van der Waals surface area (Å²) >= 11 is 0. The van der Waals surface area contributed by atoms with Crippen molar-refractivity contribution in [1.29, 1.82) is 0 Å². The number of aryl methyl sites for hydroxylation is 2. The van der Waals surface area contributed by atoms with Crippen LogP contribution in [0, 0.1) is 6.92 Å². The lowest BCUT2D eigenvalue weighted by Crippen LogP contribution is -2.43. The summed E-state index contributed by atoms with van der Waals surface area (Å²) in [7, 11) is 3.53. The molecule has 8 heteroatoms. The van der Waals surface area contributed by atoms with E-state index in [0.717, 1.165) is 50.9 Å². The average molecular weight is 526 g/mol. The lowest BCUT2D eigenvalue weighted by Gasteiger charge is -2.29. The van der Waals surface area contributed by atoms with Crippen LogP contribution in [0.3, 0.4) is 0 Å². The number of methoxy groups -OCH3 is 1. The van der Waals surface area contributed by atoms with Crippen LogP contribution in [-0.2, 0) is 6.54 Å². The number of hydrogen-bond acceptors (Lipinski definition) is 4. The number of nitrogens with one attached hydrogen (secondary N) is 2. The summed E-state index contributed by atoms with van der Waals surface area (Å²) in [6.45, 7) is 6.94. The lowest BCUT2D eigenvalue weighted by atomic mass is 10.1. The van der Waals surface area contributed by atoms with Crippen LogP contribution in [0.2, 0.25) is 0 Å². The van der Waals surface area contributed by atoms with E-state index < -0.39 is 0 Å². The smallest absolute Gasteiger partial charge is 0.191 e. The number of likely N-dealkylation sites (tertiary alicyclic amines) is 1. The minimum atomic E-state index is 0. The van der Waals surface area contributed by atoms with Crippen LogP contribution in [0.25, 0.3) is 0 Å². The third-order valence-electron chi connectivity index (χ3n) is 5.39. The number of benzene rings is 1. The molecule has 1 aromatic carbocycles. The Morgan fingerprint density at radius 1 is 1.20 bits per heavy atom. The molecule has 0 saturated carbocycles. The monoisotopic (exact) mass is 526 g/mol. The van der Waals surface area contributed by atoms with Crippen LogP contribution in [0.4, 0.5) is 0 Å². The molecule has 0 radical (unpaired) electrons. The van der Waals surface area contributed by atoms with Crippen LogP contribution in [0.1, 0.15) is 36.4 Å². The van der Waals surface area contributed by atoms with Crippen molar-refractivity contribution in [2.24, 2.45) is 4.99 Å². The third-order valence-corrected chi connectivity index (χ3v) is 5.39. The highest BCUT2D eigenvalue weighted by Gasteiger charge is 2.23. The molecule has 1 unspecified atom stereocenters. The van der Waals surface area contributed by atoms with Gasteiger partial charge in [0.25, 0.3) is 0 Å². The topological polar surface area (TPSA) is 66.7 Å². The maximum atomic E-state index is 5.31. The van der Waals surface area contributed by atoms with Crippen molar-refractivity contribution in [1.82, 2.24) is 25.3 Å². The molecule has 30 heavy (non-hydrogen) atoms. The predicted octanol–water partition coefficient (Wildman–Crippen LogP) is 3.21. The molecule has 1 aliphatic rings. The zero-order valence-electron chi connectivity index (χ0n) is 18.3. The first kappa shape index (κ1) is 24.5. The molecule has 0 spiro atoms. The van der Waals surface area contributed by atoms with E-state index in [2.05, 4.69) is 50.9 Å². The Hall–Kier alpha value is -1.81. The predicted molar refractivity (Wildman–Crippen MR) is 133 cm³/mol. The highest BCUT2D eigenvalue weighted by molar-refractivity contribution is 14.0. The van der Waals surface area contributed by atoms with Crippen molar-refractivity contribution in [3.05, 3.63) is 47.8 Å². The summed E-state index contributed by atoms with van der Waals surface area (Å²) in [5.41, 5.74) is 2.51. The van der Waals surface area contributed by atoms with E-state index >= 15 is 0 Å². The molecule has 2 heterocycles. The molecule has 2 N–H and O–H groups in total. The molecule has 3 rings (SSSR count). The molecule has 7 nitrogen and oxygen atoms in total.